The summed E-state index contributed by atoms with van der Waals surface area (Å²) in [5, 5.41) is 0. The highest BCUT2D eigenvalue weighted by atomic mass is 32.2. The Morgan fingerprint density at radius 1 is 0.967 bits per heavy atom. The molecule has 0 aliphatic carbocycles. The zero-order valence-corrected chi connectivity index (χ0v) is 18.8. The molecule has 0 radical (unpaired) electrons. The summed E-state index contributed by atoms with van der Waals surface area (Å²) in [5.74, 6) is 0.0729. The molecule has 0 spiro atoms. The summed E-state index contributed by atoms with van der Waals surface area (Å²) >= 11 is 0. The fourth-order valence-electron chi connectivity index (χ4n) is 3.61. The molecule has 1 saturated heterocycles. The van der Waals surface area contributed by atoms with Crippen molar-refractivity contribution in [3.05, 3.63) is 65.7 Å². The number of rotatable bonds is 7. The lowest BCUT2D eigenvalue weighted by atomic mass is 10.2. The summed E-state index contributed by atoms with van der Waals surface area (Å²) in [7, 11) is -3.49. The topological polar surface area (TPSA) is 60.9 Å². The Morgan fingerprint density at radius 2 is 1.57 bits per heavy atom. The van der Waals surface area contributed by atoms with E-state index in [2.05, 4.69) is 0 Å². The van der Waals surface area contributed by atoms with Crippen LogP contribution in [-0.2, 0) is 21.4 Å². The number of aryl methyl sites for hydroxylation is 1. The van der Waals surface area contributed by atoms with Gasteiger partial charge in [0.2, 0.25) is 15.9 Å². The van der Waals surface area contributed by atoms with Crippen molar-refractivity contribution in [2.75, 3.05) is 32.7 Å². The van der Waals surface area contributed by atoms with E-state index in [1.54, 1.807) is 12.1 Å². The third kappa shape index (κ3) is 5.47. The summed E-state index contributed by atoms with van der Waals surface area (Å²) in [4.78, 5) is 17.2. The fraction of sp³-hybridized carbons (Fsp3) is 0.435. The number of amides is 1. The minimum absolute atomic E-state index is 0.0729. The van der Waals surface area contributed by atoms with Gasteiger partial charge in [0.05, 0.1) is 11.4 Å². The van der Waals surface area contributed by atoms with Crippen LogP contribution < -0.4 is 0 Å². The van der Waals surface area contributed by atoms with Crippen molar-refractivity contribution in [3.8, 4) is 0 Å². The molecule has 1 amide bonds. The molecule has 0 N–H and O–H groups in total. The third-order valence-electron chi connectivity index (χ3n) is 5.49. The van der Waals surface area contributed by atoms with Crippen LogP contribution in [0.2, 0.25) is 0 Å². The van der Waals surface area contributed by atoms with Gasteiger partial charge in [-0.3, -0.25) is 9.69 Å². The van der Waals surface area contributed by atoms with Gasteiger partial charge in [-0.2, -0.15) is 4.31 Å². The van der Waals surface area contributed by atoms with E-state index in [-0.39, 0.29) is 11.9 Å². The molecule has 6 nitrogen and oxygen atoms in total. The maximum Gasteiger partial charge on any atom is 0.243 e. The van der Waals surface area contributed by atoms with Gasteiger partial charge in [-0.25, -0.2) is 8.42 Å². The lowest BCUT2D eigenvalue weighted by Gasteiger charge is -2.35. The second-order valence-corrected chi connectivity index (χ2v) is 10.0. The van der Waals surface area contributed by atoms with Crippen LogP contribution in [0.4, 0.5) is 0 Å². The second-order valence-electron chi connectivity index (χ2n) is 8.09. The van der Waals surface area contributed by atoms with Gasteiger partial charge >= 0.3 is 0 Å². The highest BCUT2D eigenvalue weighted by Gasteiger charge is 2.30. The summed E-state index contributed by atoms with van der Waals surface area (Å²) < 4.78 is 27.2. The first-order valence-corrected chi connectivity index (χ1v) is 11.8. The van der Waals surface area contributed by atoms with E-state index in [4.69, 9.17) is 0 Å². The average molecular weight is 430 g/mol. The highest BCUT2D eigenvalue weighted by molar-refractivity contribution is 7.89. The van der Waals surface area contributed by atoms with Crippen molar-refractivity contribution in [2.45, 2.75) is 38.3 Å². The number of benzene rings is 2. The Kier molecular flexibility index (Phi) is 7.28. The normalized spacial score (nSPS) is 16.0. The van der Waals surface area contributed by atoms with Gasteiger partial charge in [0.25, 0.3) is 0 Å². The van der Waals surface area contributed by atoms with Gasteiger partial charge in [-0.1, -0.05) is 48.0 Å². The molecule has 1 aliphatic rings. The van der Waals surface area contributed by atoms with Gasteiger partial charge in [0.15, 0.2) is 0 Å². The molecule has 30 heavy (non-hydrogen) atoms. The molecular weight excluding hydrogens is 398 g/mol. The lowest BCUT2D eigenvalue weighted by Crippen LogP contribution is -2.52. The van der Waals surface area contributed by atoms with E-state index in [1.165, 1.54) is 4.31 Å². The predicted octanol–water partition coefficient (Wildman–Crippen LogP) is 2.74. The summed E-state index contributed by atoms with van der Waals surface area (Å²) in [5.41, 5.74) is 2.14. The molecular formula is C23H31N3O3S. The van der Waals surface area contributed by atoms with Crippen LogP contribution in [0.5, 0.6) is 0 Å². The van der Waals surface area contributed by atoms with E-state index in [0.717, 1.165) is 11.1 Å². The summed E-state index contributed by atoms with van der Waals surface area (Å²) in [6, 6.07) is 17.0. The zero-order chi connectivity index (χ0) is 21.7. The third-order valence-corrected chi connectivity index (χ3v) is 7.40. The smallest absolute Gasteiger partial charge is 0.243 e. The van der Waals surface area contributed by atoms with Crippen molar-refractivity contribution in [2.24, 2.45) is 0 Å². The van der Waals surface area contributed by atoms with Crippen LogP contribution in [0.15, 0.2) is 59.5 Å². The molecule has 0 unspecified atom stereocenters. The van der Waals surface area contributed by atoms with Crippen LogP contribution in [0.1, 0.15) is 25.0 Å². The van der Waals surface area contributed by atoms with Crippen LogP contribution >= 0.6 is 0 Å². The first-order valence-electron chi connectivity index (χ1n) is 10.4. The van der Waals surface area contributed by atoms with Crippen LogP contribution in [-0.4, -0.2) is 67.2 Å². The molecule has 0 saturated carbocycles. The zero-order valence-electron chi connectivity index (χ0n) is 18.0. The van der Waals surface area contributed by atoms with Crippen molar-refractivity contribution >= 4 is 15.9 Å². The first-order chi connectivity index (χ1) is 14.3. The Labute approximate surface area is 180 Å². The first kappa shape index (κ1) is 22.5. The molecule has 0 atom stereocenters. The molecule has 2 aromatic carbocycles. The SMILES string of the molecule is Cc1ccc(S(=O)(=O)N2CCN(CC(=O)N(Cc3ccccc3)C(C)C)CC2)cc1. The van der Waals surface area contributed by atoms with E-state index in [9.17, 15) is 13.2 Å². The van der Waals surface area contributed by atoms with Crippen molar-refractivity contribution in [1.82, 2.24) is 14.1 Å². The molecule has 2 aromatic rings. The van der Waals surface area contributed by atoms with E-state index < -0.39 is 10.0 Å². The van der Waals surface area contributed by atoms with Gasteiger partial charge in [0.1, 0.15) is 0 Å². The molecule has 1 heterocycles. The second kappa shape index (κ2) is 9.73. The van der Waals surface area contributed by atoms with Gasteiger partial charge in [-0.15, -0.1) is 0 Å². The standard InChI is InChI=1S/C23H31N3O3S/c1-19(2)26(17-21-7-5-4-6-8-21)23(27)18-24-13-15-25(16-14-24)30(28,29)22-11-9-20(3)10-12-22/h4-12,19H,13-18H2,1-3H3. The summed E-state index contributed by atoms with van der Waals surface area (Å²) in [6.45, 7) is 8.75. The quantitative estimate of drug-likeness (QED) is 0.679. The van der Waals surface area contributed by atoms with E-state index >= 15 is 0 Å². The summed E-state index contributed by atoms with van der Waals surface area (Å²) in [6.07, 6.45) is 0. The number of nitrogens with zero attached hydrogens (tertiary/aromatic N) is 3. The Balaban J connectivity index is 1.58. The van der Waals surface area contributed by atoms with Gasteiger partial charge in [-0.05, 0) is 38.5 Å². The Bertz CT molecular complexity index is 935. The molecule has 3 rings (SSSR count). The monoisotopic (exact) mass is 429 g/mol. The van der Waals surface area contributed by atoms with E-state index in [1.807, 2.05) is 73.0 Å². The average Bonchev–Trinajstić information content (AvgIpc) is 2.73. The van der Waals surface area contributed by atoms with Crippen LogP contribution in [0.3, 0.4) is 0 Å². The number of piperazine rings is 1. The van der Waals surface area contributed by atoms with E-state index in [0.29, 0.717) is 44.2 Å². The minimum Gasteiger partial charge on any atom is -0.335 e. The molecule has 0 bridgehead atoms. The number of carbonyl (C=O) groups is 1. The molecule has 162 valence electrons. The van der Waals surface area contributed by atoms with Crippen molar-refractivity contribution in [1.29, 1.82) is 0 Å². The maximum absolute atomic E-state index is 12.9. The largest absolute Gasteiger partial charge is 0.335 e. The maximum atomic E-state index is 12.9. The van der Waals surface area contributed by atoms with Gasteiger partial charge in [0, 0.05) is 38.8 Å². The lowest BCUT2D eigenvalue weighted by molar-refractivity contribution is -0.135. The van der Waals surface area contributed by atoms with Crippen molar-refractivity contribution in [3.63, 3.8) is 0 Å². The molecule has 1 aliphatic heterocycles. The fourth-order valence-corrected chi connectivity index (χ4v) is 5.03. The Morgan fingerprint density at radius 3 is 2.13 bits per heavy atom. The van der Waals surface area contributed by atoms with Crippen LogP contribution in [0, 0.1) is 6.92 Å². The van der Waals surface area contributed by atoms with Gasteiger partial charge < -0.3 is 4.90 Å². The molecule has 1 fully saturated rings. The molecule has 7 heteroatoms. The number of sulfonamides is 1. The van der Waals surface area contributed by atoms with Crippen molar-refractivity contribution < 1.29 is 13.2 Å². The molecule has 0 aromatic heterocycles. The predicted molar refractivity (Wildman–Crippen MR) is 119 cm³/mol. The highest BCUT2D eigenvalue weighted by Crippen LogP contribution is 2.18. The number of hydrogen-bond acceptors (Lipinski definition) is 4. The number of carbonyl (C=O) groups excluding carboxylic acids is 1. The van der Waals surface area contributed by atoms with Crippen LogP contribution in [0.25, 0.3) is 0 Å². The number of hydrogen-bond donors (Lipinski definition) is 0. The minimum atomic E-state index is -3.49. The Hall–Kier alpha value is -2.22.